The number of nitrogens with zero attached hydrogens (tertiary/aromatic N) is 2. The molecule has 2 unspecified atom stereocenters. The Hall–Kier alpha value is -2.48. The smallest absolute Gasteiger partial charge is 0.183 e. The molecule has 3 rings (SSSR count). The van der Waals surface area contributed by atoms with Crippen molar-refractivity contribution in [1.82, 2.24) is 0 Å². The summed E-state index contributed by atoms with van der Waals surface area (Å²) in [5, 5.41) is 0. The molecule has 0 radical (unpaired) electrons. The van der Waals surface area contributed by atoms with Crippen LogP contribution in [0.4, 0.5) is 0 Å². The molecule has 0 saturated carbocycles. The molecule has 28 heavy (non-hydrogen) atoms. The van der Waals surface area contributed by atoms with Gasteiger partial charge in [-0.1, -0.05) is 50.2 Å². The number of rotatable bonds is 8. The van der Waals surface area contributed by atoms with E-state index in [0.29, 0.717) is 12.1 Å². The summed E-state index contributed by atoms with van der Waals surface area (Å²) in [4.78, 5) is 0. The van der Waals surface area contributed by atoms with E-state index in [0.717, 1.165) is 12.8 Å². The second kappa shape index (κ2) is 9.64. The van der Waals surface area contributed by atoms with Crippen molar-refractivity contribution >= 4 is 0 Å². The lowest BCUT2D eigenvalue weighted by Gasteiger charge is -2.17. The van der Waals surface area contributed by atoms with Gasteiger partial charge in [0.15, 0.2) is 35.9 Å². The predicted molar refractivity (Wildman–Crippen MR) is 115 cm³/mol. The zero-order valence-electron chi connectivity index (χ0n) is 17.8. The molecule has 0 aliphatic rings. The van der Waals surface area contributed by atoms with Crippen molar-refractivity contribution in [1.29, 1.82) is 0 Å². The average Bonchev–Trinajstić information content (AvgIpc) is 2.72. The fourth-order valence-electron chi connectivity index (χ4n) is 4.20. The van der Waals surface area contributed by atoms with Crippen LogP contribution in [0.3, 0.4) is 0 Å². The van der Waals surface area contributed by atoms with Crippen molar-refractivity contribution in [3.05, 3.63) is 95.6 Å². The van der Waals surface area contributed by atoms with Gasteiger partial charge in [0.25, 0.3) is 0 Å². The zero-order valence-corrected chi connectivity index (χ0v) is 17.8. The first-order valence-electron chi connectivity index (χ1n) is 10.7. The monoisotopic (exact) mass is 374 g/mol. The van der Waals surface area contributed by atoms with Crippen molar-refractivity contribution in [3.63, 3.8) is 0 Å². The van der Waals surface area contributed by atoms with E-state index in [2.05, 4.69) is 110 Å². The van der Waals surface area contributed by atoms with Crippen LogP contribution >= 0.6 is 0 Å². The third-order valence-corrected chi connectivity index (χ3v) is 5.71. The van der Waals surface area contributed by atoms with Crippen molar-refractivity contribution in [2.45, 2.75) is 65.5 Å². The maximum atomic E-state index is 2.41. The summed E-state index contributed by atoms with van der Waals surface area (Å²) in [7, 11) is 0. The number of aromatic nitrogens is 2. The van der Waals surface area contributed by atoms with Gasteiger partial charge in [-0.05, 0) is 12.8 Å². The molecule has 2 nitrogen and oxygen atoms in total. The fourth-order valence-corrected chi connectivity index (χ4v) is 4.20. The van der Waals surface area contributed by atoms with E-state index in [1.54, 1.807) is 0 Å². The Labute approximate surface area is 170 Å². The molecule has 0 aliphatic carbocycles. The Morgan fingerprint density at radius 3 is 1.32 bits per heavy atom. The minimum atomic E-state index is 0.399. The predicted octanol–water partition coefficient (Wildman–Crippen LogP) is 5.66. The molecule has 146 valence electrons. The summed E-state index contributed by atoms with van der Waals surface area (Å²) in [6, 6.07) is 23.1. The highest BCUT2D eigenvalue weighted by Gasteiger charge is 2.25. The number of hydrogen-bond acceptors (Lipinski definition) is 0. The summed E-state index contributed by atoms with van der Waals surface area (Å²) in [6.45, 7) is 8.94. The first-order chi connectivity index (χ1) is 13.7. The van der Waals surface area contributed by atoms with Crippen molar-refractivity contribution in [3.8, 4) is 0 Å². The van der Waals surface area contributed by atoms with E-state index in [9.17, 15) is 0 Å². The third kappa shape index (κ3) is 4.49. The lowest BCUT2D eigenvalue weighted by atomic mass is 9.96. The minimum Gasteiger partial charge on any atom is -0.196 e. The van der Waals surface area contributed by atoms with Crippen LogP contribution in [0.15, 0.2) is 73.1 Å². The standard InChI is InChI=1S/C26H34N2/c1-5-11-25(27-19-9-7-13-21(27)3)23-15-17-24(18-16-23)26(12-6-2)28-20-10-8-14-22(28)4/h7-10,13-20,25-26H,5-6,11-12H2,1-4H3/q+2. The summed E-state index contributed by atoms with van der Waals surface area (Å²) >= 11 is 0. The van der Waals surface area contributed by atoms with Gasteiger partial charge in [0.05, 0.1) is 0 Å². The summed E-state index contributed by atoms with van der Waals surface area (Å²) in [5.41, 5.74) is 5.42. The van der Waals surface area contributed by atoms with Gasteiger partial charge in [-0.25, -0.2) is 0 Å². The van der Waals surface area contributed by atoms with E-state index in [4.69, 9.17) is 0 Å². The van der Waals surface area contributed by atoms with Gasteiger partial charge >= 0.3 is 0 Å². The molecule has 1 aromatic carbocycles. The van der Waals surface area contributed by atoms with Crippen molar-refractivity contribution < 1.29 is 9.13 Å². The Morgan fingerprint density at radius 2 is 1.00 bits per heavy atom. The van der Waals surface area contributed by atoms with Gasteiger partial charge in [0.1, 0.15) is 0 Å². The molecule has 0 spiro atoms. The zero-order chi connectivity index (χ0) is 19.9. The summed E-state index contributed by atoms with van der Waals surface area (Å²) in [6.07, 6.45) is 9.08. The maximum absolute atomic E-state index is 2.41. The number of benzene rings is 1. The first kappa shape index (κ1) is 20.3. The molecule has 0 fully saturated rings. The molecule has 3 aromatic rings. The molecule has 0 aliphatic heterocycles. The molecule has 2 heteroatoms. The number of hydrogen-bond donors (Lipinski definition) is 0. The summed E-state index contributed by atoms with van der Waals surface area (Å²) in [5.74, 6) is 0. The van der Waals surface area contributed by atoms with E-state index in [1.165, 1.54) is 35.4 Å². The van der Waals surface area contributed by atoms with Crippen LogP contribution in [0.2, 0.25) is 0 Å². The van der Waals surface area contributed by atoms with E-state index in [1.807, 2.05) is 0 Å². The van der Waals surface area contributed by atoms with Crippen LogP contribution < -0.4 is 9.13 Å². The van der Waals surface area contributed by atoms with Gasteiger partial charge in [0.2, 0.25) is 0 Å². The fraction of sp³-hybridized carbons (Fsp3) is 0.385. The molecule has 2 heterocycles. The maximum Gasteiger partial charge on any atom is 0.183 e. The van der Waals surface area contributed by atoms with E-state index >= 15 is 0 Å². The molecular weight excluding hydrogens is 340 g/mol. The lowest BCUT2D eigenvalue weighted by Crippen LogP contribution is -2.43. The van der Waals surface area contributed by atoms with Crippen molar-refractivity contribution in [2.24, 2.45) is 0 Å². The van der Waals surface area contributed by atoms with E-state index in [-0.39, 0.29) is 0 Å². The topological polar surface area (TPSA) is 7.76 Å². The Morgan fingerprint density at radius 1 is 0.607 bits per heavy atom. The molecule has 0 bridgehead atoms. The lowest BCUT2D eigenvalue weighted by molar-refractivity contribution is -0.720. The van der Waals surface area contributed by atoms with Crippen LogP contribution in [0, 0.1) is 13.8 Å². The van der Waals surface area contributed by atoms with Crippen LogP contribution in [0.5, 0.6) is 0 Å². The molecule has 0 N–H and O–H groups in total. The highest BCUT2D eigenvalue weighted by molar-refractivity contribution is 5.26. The van der Waals surface area contributed by atoms with Gasteiger partial charge in [-0.3, -0.25) is 0 Å². The van der Waals surface area contributed by atoms with Crippen LogP contribution in [0.1, 0.15) is 74.1 Å². The number of pyridine rings is 2. The van der Waals surface area contributed by atoms with E-state index < -0.39 is 0 Å². The van der Waals surface area contributed by atoms with Crippen molar-refractivity contribution in [2.75, 3.05) is 0 Å². The highest BCUT2D eigenvalue weighted by Crippen LogP contribution is 2.24. The Bertz CT molecular complexity index is 808. The second-order valence-electron chi connectivity index (χ2n) is 7.77. The SMILES string of the molecule is CCCC(c1ccc(C(CCC)[n+]2ccccc2C)cc1)[n+]1ccccc1C. The van der Waals surface area contributed by atoms with Crippen LogP contribution in [0.25, 0.3) is 0 Å². The quantitative estimate of drug-likeness (QED) is 0.450. The molecule has 2 atom stereocenters. The van der Waals surface area contributed by atoms with Crippen LogP contribution in [-0.2, 0) is 0 Å². The largest absolute Gasteiger partial charge is 0.196 e. The third-order valence-electron chi connectivity index (χ3n) is 5.71. The van der Waals surface area contributed by atoms with Crippen LogP contribution in [-0.4, -0.2) is 0 Å². The first-order valence-corrected chi connectivity index (χ1v) is 10.7. The Balaban J connectivity index is 1.94. The molecule has 0 amide bonds. The minimum absolute atomic E-state index is 0.399. The molecule has 0 saturated heterocycles. The normalized spacial score (nSPS) is 13.3. The molecular formula is C26H34N2+2. The second-order valence-corrected chi connectivity index (χ2v) is 7.77. The molecule has 2 aromatic heterocycles. The highest BCUT2D eigenvalue weighted by atomic mass is 15.0. The van der Waals surface area contributed by atoms with Gasteiger partial charge in [-0.2, -0.15) is 9.13 Å². The van der Waals surface area contributed by atoms with Gasteiger partial charge < -0.3 is 0 Å². The summed E-state index contributed by atoms with van der Waals surface area (Å²) < 4.78 is 4.83. The van der Waals surface area contributed by atoms with Gasteiger partial charge in [0, 0.05) is 62.1 Å². The average molecular weight is 375 g/mol. The Kier molecular flexibility index (Phi) is 6.97. The number of aryl methyl sites for hydroxylation is 2. The van der Waals surface area contributed by atoms with Gasteiger partial charge in [-0.15, -0.1) is 0 Å².